The Morgan fingerprint density at radius 1 is 1.29 bits per heavy atom. The van der Waals surface area contributed by atoms with Gasteiger partial charge in [-0.05, 0) is 35.2 Å². The van der Waals surface area contributed by atoms with Gasteiger partial charge in [-0.2, -0.15) is 0 Å². The van der Waals surface area contributed by atoms with Gasteiger partial charge in [0.1, 0.15) is 5.75 Å². The van der Waals surface area contributed by atoms with E-state index in [0.29, 0.717) is 18.0 Å². The van der Waals surface area contributed by atoms with Gasteiger partial charge in [0.05, 0.1) is 17.7 Å². The first-order valence-corrected chi connectivity index (χ1v) is 8.04. The number of amides is 1. The van der Waals surface area contributed by atoms with Crippen molar-refractivity contribution in [3.63, 3.8) is 0 Å². The van der Waals surface area contributed by atoms with Gasteiger partial charge in [-0.25, -0.2) is 0 Å². The number of rotatable bonds is 4. The number of nitrogens with two attached hydrogens (primary N) is 1. The Labute approximate surface area is 130 Å². The molecule has 0 unspecified atom stereocenters. The van der Waals surface area contributed by atoms with Crippen LogP contribution in [0, 0.1) is 0 Å². The van der Waals surface area contributed by atoms with E-state index in [1.54, 1.807) is 24.5 Å². The molecule has 2 heterocycles. The summed E-state index contributed by atoms with van der Waals surface area (Å²) in [6, 6.07) is 9.47. The van der Waals surface area contributed by atoms with E-state index in [2.05, 4.69) is 5.32 Å². The first kappa shape index (κ1) is 13.9. The molecule has 0 atom stereocenters. The lowest BCUT2D eigenvalue weighted by Gasteiger charge is -2.08. The Hall–Kier alpha value is -2.05. The van der Waals surface area contributed by atoms with Gasteiger partial charge >= 0.3 is 0 Å². The number of methoxy groups -OCH3 is 1. The summed E-state index contributed by atoms with van der Waals surface area (Å²) in [5.74, 6) is 0.585. The Kier molecular flexibility index (Phi) is 3.81. The summed E-state index contributed by atoms with van der Waals surface area (Å²) >= 11 is 3.16. The van der Waals surface area contributed by atoms with Crippen molar-refractivity contribution in [3.05, 3.63) is 46.2 Å². The topological polar surface area (TPSA) is 64.3 Å². The Bertz CT molecular complexity index is 763. The number of carbonyl (C=O) groups excluding carboxylic acids is 1. The molecule has 0 aliphatic rings. The number of benzene rings is 1. The number of ether oxygens (including phenoxy) is 1. The summed E-state index contributed by atoms with van der Waals surface area (Å²) in [6.45, 7) is 0.443. The van der Waals surface area contributed by atoms with Crippen LogP contribution in [0.2, 0.25) is 0 Å². The summed E-state index contributed by atoms with van der Waals surface area (Å²) < 4.78 is 7.41. The molecule has 108 valence electrons. The van der Waals surface area contributed by atoms with Crippen LogP contribution in [0.15, 0.2) is 35.7 Å². The van der Waals surface area contributed by atoms with Crippen LogP contribution in [-0.4, -0.2) is 13.0 Å². The predicted octanol–water partition coefficient (Wildman–Crippen LogP) is 3.48. The number of thiophene rings is 2. The van der Waals surface area contributed by atoms with Crippen LogP contribution in [0.5, 0.6) is 5.75 Å². The van der Waals surface area contributed by atoms with Crippen molar-refractivity contribution in [2.24, 2.45) is 0 Å². The highest BCUT2D eigenvalue weighted by atomic mass is 32.1. The van der Waals surface area contributed by atoms with Crippen LogP contribution in [0.25, 0.3) is 9.40 Å². The van der Waals surface area contributed by atoms with E-state index in [1.165, 1.54) is 11.3 Å². The summed E-state index contributed by atoms with van der Waals surface area (Å²) in [5.41, 5.74) is 7.37. The number of nitrogen functional groups attached to an aromatic ring is 1. The molecule has 3 N–H and O–H groups in total. The van der Waals surface area contributed by atoms with Crippen molar-refractivity contribution >= 4 is 43.7 Å². The van der Waals surface area contributed by atoms with Crippen molar-refractivity contribution < 1.29 is 9.53 Å². The van der Waals surface area contributed by atoms with Gasteiger partial charge in [-0.1, -0.05) is 6.07 Å². The van der Waals surface area contributed by atoms with Crippen LogP contribution < -0.4 is 15.8 Å². The van der Waals surface area contributed by atoms with E-state index >= 15 is 0 Å². The molecule has 0 aliphatic carbocycles. The molecule has 0 spiro atoms. The molecule has 4 nitrogen and oxygen atoms in total. The van der Waals surface area contributed by atoms with Gasteiger partial charge in [0.15, 0.2) is 0 Å². The first-order valence-electron chi connectivity index (χ1n) is 6.35. The number of hydrogen-bond acceptors (Lipinski definition) is 5. The second kappa shape index (κ2) is 5.75. The van der Waals surface area contributed by atoms with Gasteiger partial charge in [-0.15, -0.1) is 22.7 Å². The SMILES string of the molecule is COc1ccc(CNC(=O)c2cc3sccc3s2)cc1N. The van der Waals surface area contributed by atoms with Crippen molar-refractivity contribution in [1.82, 2.24) is 5.32 Å². The fraction of sp³-hybridized carbons (Fsp3) is 0.133. The van der Waals surface area contributed by atoms with Gasteiger partial charge in [0.25, 0.3) is 5.91 Å². The average Bonchev–Trinajstić information content (AvgIpc) is 3.06. The van der Waals surface area contributed by atoms with Crippen LogP contribution in [0.1, 0.15) is 15.2 Å². The third kappa shape index (κ3) is 2.86. The Morgan fingerprint density at radius 3 is 2.86 bits per heavy atom. The van der Waals surface area contributed by atoms with Crippen LogP contribution in [0.3, 0.4) is 0 Å². The van der Waals surface area contributed by atoms with Gasteiger partial charge in [0.2, 0.25) is 0 Å². The number of carbonyl (C=O) groups is 1. The van der Waals surface area contributed by atoms with Crippen molar-refractivity contribution in [3.8, 4) is 5.75 Å². The molecule has 0 saturated heterocycles. The molecule has 0 bridgehead atoms. The molecule has 0 radical (unpaired) electrons. The Balaban J connectivity index is 1.68. The second-order valence-electron chi connectivity index (χ2n) is 4.52. The van der Waals surface area contributed by atoms with E-state index in [4.69, 9.17) is 10.5 Å². The maximum absolute atomic E-state index is 12.1. The number of hydrogen-bond donors (Lipinski definition) is 2. The fourth-order valence-electron chi connectivity index (χ4n) is 2.04. The average molecular weight is 318 g/mol. The second-order valence-corrected chi connectivity index (χ2v) is 6.55. The summed E-state index contributed by atoms with van der Waals surface area (Å²) in [5, 5.41) is 4.94. The standard InChI is InChI=1S/C15H14N2O2S2/c1-19-11-3-2-9(6-10(11)16)8-17-15(18)14-7-13-12(21-14)4-5-20-13/h2-7H,8,16H2,1H3,(H,17,18). The zero-order valence-corrected chi connectivity index (χ0v) is 13.0. The van der Waals surface area contributed by atoms with Gasteiger partial charge in [-0.3, -0.25) is 4.79 Å². The predicted molar refractivity (Wildman–Crippen MR) is 88.3 cm³/mol. The van der Waals surface area contributed by atoms with E-state index in [9.17, 15) is 4.79 Å². The Morgan fingerprint density at radius 2 is 2.14 bits per heavy atom. The minimum absolute atomic E-state index is 0.0576. The van der Waals surface area contributed by atoms with Crippen molar-refractivity contribution in [1.29, 1.82) is 0 Å². The summed E-state index contributed by atoms with van der Waals surface area (Å²) in [4.78, 5) is 12.9. The molecule has 0 fully saturated rings. The van der Waals surface area contributed by atoms with Crippen LogP contribution in [0.4, 0.5) is 5.69 Å². The third-order valence-electron chi connectivity index (χ3n) is 3.11. The molecule has 3 aromatic rings. The lowest BCUT2D eigenvalue weighted by atomic mass is 10.2. The quantitative estimate of drug-likeness (QED) is 0.724. The minimum Gasteiger partial charge on any atom is -0.495 e. The highest BCUT2D eigenvalue weighted by Crippen LogP contribution is 2.30. The molecule has 1 aromatic carbocycles. The number of nitrogens with one attached hydrogen (secondary N) is 1. The zero-order valence-electron chi connectivity index (χ0n) is 11.4. The van der Waals surface area contributed by atoms with Gasteiger partial charge in [0, 0.05) is 15.9 Å². The molecule has 6 heteroatoms. The molecule has 3 rings (SSSR count). The maximum atomic E-state index is 12.1. The van der Waals surface area contributed by atoms with Crippen LogP contribution in [-0.2, 0) is 6.54 Å². The monoisotopic (exact) mass is 318 g/mol. The smallest absolute Gasteiger partial charge is 0.261 e. The van der Waals surface area contributed by atoms with E-state index in [0.717, 1.165) is 19.8 Å². The molecule has 0 saturated carbocycles. The molecule has 1 amide bonds. The molecular formula is C15H14N2O2S2. The van der Waals surface area contributed by atoms with E-state index in [1.807, 2.05) is 29.6 Å². The van der Waals surface area contributed by atoms with Crippen LogP contribution >= 0.6 is 22.7 Å². The lowest BCUT2D eigenvalue weighted by Crippen LogP contribution is -2.21. The number of fused-ring (bicyclic) bond motifs is 1. The van der Waals surface area contributed by atoms with Gasteiger partial charge < -0.3 is 15.8 Å². The summed E-state index contributed by atoms with van der Waals surface area (Å²) in [6.07, 6.45) is 0. The molecule has 21 heavy (non-hydrogen) atoms. The normalized spacial score (nSPS) is 10.7. The third-order valence-corrected chi connectivity index (χ3v) is 5.20. The van der Waals surface area contributed by atoms with E-state index < -0.39 is 0 Å². The van der Waals surface area contributed by atoms with Crippen molar-refractivity contribution in [2.75, 3.05) is 12.8 Å². The minimum atomic E-state index is -0.0576. The first-order chi connectivity index (χ1) is 10.2. The maximum Gasteiger partial charge on any atom is 0.261 e. The molecular weight excluding hydrogens is 304 g/mol. The highest BCUT2D eigenvalue weighted by Gasteiger charge is 2.11. The largest absolute Gasteiger partial charge is 0.495 e. The summed E-state index contributed by atoms with van der Waals surface area (Å²) in [7, 11) is 1.58. The fourth-order valence-corrected chi connectivity index (χ4v) is 4.07. The zero-order chi connectivity index (χ0) is 14.8. The number of anilines is 1. The molecule has 0 aliphatic heterocycles. The van der Waals surface area contributed by atoms with Crippen molar-refractivity contribution in [2.45, 2.75) is 6.54 Å². The highest BCUT2D eigenvalue weighted by molar-refractivity contribution is 7.27. The molecule has 2 aromatic heterocycles. The lowest BCUT2D eigenvalue weighted by molar-refractivity contribution is 0.0955. The van der Waals surface area contributed by atoms with E-state index in [-0.39, 0.29) is 5.91 Å².